The predicted octanol–water partition coefficient (Wildman–Crippen LogP) is 0.215. The average Bonchev–Trinajstić information content (AvgIpc) is 2.28. The van der Waals surface area contributed by atoms with Gasteiger partial charge in [0.1, 0.15) is 0 Å². The molecule has 0 bridgehead atoms. The molecule has 0 radical (unpaired) electrons. The molecule has 0 saturated carbocycles. The van der Waals surface area contributed by atoms with Crippen LogP contribution in [0.5, 0.6) is 0 Å². The van der Waals surface area contributed by atoms with Gasteiger partial charge < -0.3 is 15.3 Å². The van der Waals surface area contributed by atoms with Crippen LogP contribution >= 0.6 is 0 Å². The van der Waals surface area contributed by atoms with E-state index in [1.165, 1.54) is 0 Å². The quantitative estimate of drug-likeness (QED) is 0.706. The molecule has 0 aromatic heterocycles. The second-order valence-electron chi connectivity index (χ2n) is 4.91. The Hall–Kier alpha value is -0.610. The number of hydrogen-bond acceptors (Lipinski definition) is 3. The van der Waals surface area contributed by atoms with Crippen molar-refractivity contribution in [3.8, 4) is 0 Å². The SMILES string of the molecule is CN(C(=O)C1CCCNC1)C(C)(C)CO. The van der Waals surface area contributed by atoms with Crippen molar-refractivity contribution in [1.82, 2.24) is 10.2 Å². The van der Waals surface area contributed by atoms with Crippen LogP contribution in [0.1, 0.15) is 26.7 Å². The number of carbonyl (C=O) groups is 1. The number of nitrogens with one attached hydrogen (secondary N) is 1. The van der Waals surface area contributed by atoms with Gasteiger partial charge in [-0.05, 0) is 33.2 Å². The van der Waals surface area contributed by atoms with E-state index >= 15 is 0 Å². The normalized spacial score (nSPS) is 22.5. The van der Waals surface area contributed by atoms with Crippen molar-refractivity contribution in [3.63, 3.8) is 0 Å². The fraction of sp³-hybridized carbons (Fsp3) is 0.909. The zero-order valence-corrected chi connectivity index (χ0v) is 9.92. The Bertz CT molecular complexity index is 223. The molecule has 1 saturated heterocycles. The lowest BCUT2D eigenvalue weighted by atomic mass is 9.95. The molecule has 1 aliphatic rings. The van der Waals surface area contributed by atoms with E-state index in [4.69, 9.17) is 0 Å². The van der Waals surface area contributed by atoms with Gasteiger partial charge in [0, 0.05) is 13.6 Å². The van der Waals surface area contributed by atoms with Crippen molar-refractivity contribution in [2.24, 2.45) is 5.92 Å². The van der Waals surface area contributed by atoms with Gasteiger partial charge in [-0.3, -0.25) is 4.79 Å². The minimum Gasteiger partial charge on any atom is -0.394 e. The summed E-state index contributed by atoms with van der Waals surface area (Å²) in [5, 5.41) is 12.4. The van der Waals surface area contributed by atoms with Gasteiger partial charge >= 0.3 is 0 Å². The maximum atomic E-state index is 12.1. The topological polar surface area (TPSA) is 52.6 Å². The van der Waals surface area contributed by atoms with Gasteiger partial charge in [0.15, 0.2) is 0 Å². The van der Waals surface area contributed by atoms with Crippen LogP contribution in [0, 0.1) is 5.92 Å². The van der Waals surface area contributed by atoms with E-state index in [0.29, 0.717) is 0 Å². The van der Waals surface area contributed by atoms with E-state index in [2.05, 4.69) is 5.32 Å². The Morgan fingerprint density at radius 3 is 2.73 bits per heavy atom. The first-order chi connectivity index (χ1) is 6.99. The number of nitrogens with zero attached hydrogens (tertiary/aromatic N) is 1. The van der Waals surface area contributed by atoms with E-state index in [-0.39, 0.29) is 18.4 Å². The third-order valence-electron chi connectivity index (χ3n) is 3.27. The first kappa shape index (κ1) is 12.5. The van der Waals surface area contributed by atoms with Crippen LogP contribution < -0.4 is 5.32 Å². The van der Waals surface area contributed by atoms with Gasteiger partial charge in [0.25, 0.3) is 0 Å². The van der Waals surface area contributed by atoms with Crippen LogP contribution in [-0.2, 0) is 4.79 Å². The summed E-state index contributed by atoms with van der Waals surface area (Å²) in [7, 11) is 1.77. The van der Waals surface area contributed by atoms with Crippen molar-refractivity contribution < 1.29 is 9.90 Å². The molecule has 1 atom stereocenters. The summed E-state index contributed by atoms with van der Waals surface area (Å²) in [5.74, 6) is 0.218. The van der Waals surface area contributed by atoms with Crippen LogP contribution in [0.25, 0.3) is 0 Å². The van der Waals surface area contributed by atoms with Crippen LogP contribution in [0.4, 0.5) is 0 Å². The highest BCUT2D eigenvalue weighted by molar-refractivity contribution is 5.79. The summed E-state index contributed by atoms with van der Waals surface area (Å²) in [6, 6.07) is 0. The standard InChI is InChI=1S/C11H22N2O2/c1-11(2,8-14)13(3)10(15)9-5-4-6-12-7-9/h9,12,14H,4-8H2,1-3H3. The van der Waals surface area contributed by atoms with Crippen LogP contribution in [0.15, 0.2) is 0 Å². The summed E-state index contributed by atoms with van der Waals surface area (Å²) >= 11 is 0. The number of hydrogen-bond donors (Lipinski definition) is 2. The third-order valence-corrected chi connectivity index (χ3v) is 3.27. The van der Waals surface area contributed by atoms with E-state index in [0.717, 1.165) is 25.9 Å². The number of carbonyl (C=O) groups excluding carboxylic acids is 1. The second kappa shape index (κ2) is 4.94. The maximum absolute atomic E-state index is 12.1. The fourth-order valence-electron chi connectivity index (χ4n) is 1.74. The lowest BCUT2D eigenvalue weighted by Crippen LogP contribution is -2.52. The van der Waals surface area contributed by atoms with Gasteiger partial charge in [-0.15, -0.1) is 0 Å². The van der Waals surface area contributed by atoms with Crippen LogP contribution in [-0.4, -0.2) is 48.2 Å². The van der Waals surface area contributed by atoms with Crippen LogP contribution in [0.3, 0.4) is 0 Å². The molecule has 1 heterocycles. The first-order valence-electron chi connectivity index (χ1n) is 5.58. The minimum absolute atomic E-state index is 0.00457. The predicted molar refractivity (Wildman–Crippen MR) is 59.5 cm³/mol. The molecule has 2 N–H and O–H groups in total. The molecule has 88 valence electrons. The highest BCUT2D eigenvalue weighted by Gasteiger charge is 2.31. The highest BCUT2D eigenvalue weighted by atomic mass is 16.3. The summed E-state index contributed by atoms with van der Waals surface area (Å²) in [4.78, 5) is 13.7. The fourth-order valence-corrected chi connectivity index (χ4v) is 1.74. The number of rotatable bonds is 3. The van der Waals surface area contributed by atoms with Gasteiger partial charge in [0.05, 0.1) is 18.1 Å². The number of amides is 1. The molecule has 0 aliphatic carbocycles. The van der Waals surface area contributed by atoms with Crippen molar-refractivity contribution in [3.05, 3.63) is 0 Å². The first-order valence-corrected chi connectivity index (χ1v) is 5.58. The molecule has 15 heavy (non-hydrogen) atoms. The smallest absolute Gasteiger partial charge is 0.227 e. The Kier molecular flexibility index (Phi) is 4.11. The number of aliphatic hydroxyl groups excluding tert-OH is 1. The Labute approximate surface area is 91.6 Å². The van der Waals surface area contributed by atoms with Gasteiger partial charge in [-0.2, -0.15) is 0 Å². The zero-order valence-electron chi connectivity index (χ0n) is 9.92. The molecule has 4 heteroatoms. The average molecular weight is 214 g/mol. The lowest BCUT2D eigenvalue weighted by molar-refractivity contribution is -0.141. The minimum atomic E-state index is -0.464. The van der Waals surface area contributed by atoms with E-state index in [1.807, 2.05) is 13.8 Å². The molecule has 1 rings (SSSR count). The Morgan fingerprint density at radius 2 is 2.27 bits per heavy atom. The van der Waals surface area contributed by atoms with E-state index in [1.54, 1.807) is 11.9 Å². The molecular formula is C11H22N2O2. The lowest BCUT2D eigenvalue weighted by Gasteiger charge is -2.37. The highest BCUT2D eigenvalue weighted by Crippen LogP contribution is 2.18. The molecule has 0 spiro atoms. The monoisotopic (exact) mass is 214 g/mol. The van der Waals surface area contributed by atoms with E-state index < -0.39 is 5.54 Å². The Balaban J connectivity index is 2.58. The molecule has 1 aliphatic heterocycles. The van der Waals surface area contributed by atoms with Gasteiger partial charge in [-0.1, -0.05) is 0 Å². The van der Waals surface area contributed by atoms with Gasteiger partial charge in [-0.25, -0.2) is 0 Å². The Morgan fingerprint density at radius 1 is 1.60 bits per heavy atom. The van der Waals surface area contributed by atoms with Crippen molar-refractivity contribution in [2.45, 2.75) is 32.2 Å². The molecule has 1 fully saturated rings. The van der Waals surface area contributed by atoms with Crippen molar-refractivity contribution >= 4 is 5.91 Å². The second-order valence-corrected chi connectivity index (χ2v) is 4.91. The van der Waals surface area contributed by atoms with Crippen molar-refractivity contribution in [2.75, 3.05) is 26.7 Å². The zero-order chi connectivity index (χ0) is 11.5. The number of aliphatic hydroxyl groups is 1. The summed E-state index contributed by atoms with van der Waals surface area (Å²) in [6.07, 6.45) is 2.02. The molecule has 1 unspecified atom stereocenters. The third kappa shape index (κ3) is 2.92. The molecule has 1 amide bonds. The molecule has 4 nitrogen and oxygen atoms in total. The molecular weight excluding hydrogens is 192 g/mol. The number of likely N-dealkylation sites (N-methyl/N-ethyl adjacent to an activating group) is 1. The largest absolute Gasteiger partial charge is 0.394 e. The van der Waals surface area contributed by atoms with Gasteiger partial charge in [0.2, 0.25) is 5.91 Å². The summed E-state index contributed by atoms with van der Waals surface area (Å²) in [6.45, 7) is 5.53. The molecule has 0 aromatic rings. The summed E-state index contributed by atoms with van der Waals surface area (Å²) < 4.78 is 0. The van der Waals surface area contributed by atoms with E-state index in [9.17, 15) is 9.90 Å². The van der Waals surface area contributed by atoms with Crippen molar-refractivity contribution in [1.29, 1.82) is 0 Å². The van der Waals surface area contributed by atoms with Crippen LogP contribution in [0.2, 0.25) is 0 Å². The molecule has 0 aromatic carbocycles. The number of piperidine rings is 1. The summed E-state index contributed by atoms with van der Waals surface area (Å²) in [5.41, 5.74) is -0.464. The maximum Gasteiger partial charge on any atom is 0.227 e.